The first-order chi connectivity index (χ1) is 30.5. The lowest BCUT2D eigenvalue weighted by molar-refractivity contribution is -0.136. The maximum Gasteiger partial charge on any atom is 0.284 e. The highest BCUT2D eigenvalue weighted by Crippen LogP contribution is 2.38. The molecule has 17 nitrogen and oxygen atoms in total. The lowest BCUT2D eigenvalue weighted by Crippen LogP contribution is -2.54. The van der Waals surface area contributed by atoms with Crippen molar-refractivity contribution in [1.82, 2.24) is 39.5 Å². The number of imide groups is 2. The summed E-state index contributed by atoms with van der Waals surface area (Å²) in [5.41, 5.74) is 2.25. The molecule has 332 valence electrons. The van der Waals surface area contributed by atoms with E-state index in [1.165, 1.54) is 12.4 Å². The second kappa shape index (κ2) is 16.7. The van der Waals surface area contributed by atoms with Crippen molar-refractivity contribution in [2.24, 2.45) is 5.92 Å². The van der Waals surface area contributed by atoms with Crippen molar-refractivity contribution in [3.8, 4) is 0 Å². The molecule has 7 heterocycles. The van der Waals surface area contributed by atoms with E-state index in [4.69, 9.17) is 9.72 Å². The van der Waals surface area contributed by atoms with Crippen molar-refractivity contribution >= 4 is 52.4 Å². The van der Waals surface area contributed by atoms with E-state index in [0.29, 0.717) is 43.1 Å². The van der Waals surface area contributed by atoms with Gasteiger partial charge < -0.3 is 25.2 Å². The highest BCUT2D eigenvalue weighted by Gasteiger charge is 2.46. The topological polar surface area (TPSA) is 188 Å². The minimum absolute atomic E-state index is 0.0153. The van der Waals surface area contributed by atoms with Gasteiger partial charge in [0.05, 0.1) is 48.3 Å². The molecule has 3 N–H and O–H groups in total. The third-order valence-electron chi connectivity index (χ3n) is 14.1. The van der Waals surface area contributed by atoms with Crippen LogP contribution in [0.5, 0.6) is 0 Å². The van der Waals surface area contributed by atoms with Crippen LogP contribution < -0.4 is 20.9 Å². The number of fused-ring (bicyclic) bond motifs is 5. The van der Waals surface area contributed by atoms with Crippen LogP contribution in [0.4, 0.5) is 26.0 Å². The van der Waals surface area contributed by atoms with Crippen LogP contribution in [-0.4, -0.2) is 121 Å². The van der Waals surface area contributed by atoms with Gasteiger partial charge in [0, 0.05) is 55.2 Å². The van der Waals surface area contributed by atoms with Crippen molar-refractivity contribution in [3.63, 3.8) is 0 Å². The molecular formula is C44H51F2N11O6. The molecule has 6 aliphatic rings. The van der Waals surface area contributed by atoms with Gasteiger partial charge in [-0.15, -0.1) is 0 Å². The molecule has 5 amide bonds. The molecule has 4 aromatic rings. The Morgan fingerprint density at radius 1 is 0.952 bits per heavy atom. The number of nitrogens with zero attached hydrogens (tertiary/aromatic N) is 8. The number of ether oxygens (including phenoxy) is 1. The third kappa shape index (κ3) is 7.72. The fourth-order valence-corrected chi connectivity index (χ4v) is 10.7. The van der Waals surface area contributed by atoms with E-state index in [9.17, 15) is 32.8 Å². The molecule has 2 unspecified atom stereocenters. The maximum atomic E-state index is 14.4. The molecule has 0 spiro atoms. The molecule has 0 radical (unpaired) electrons. The minimum atomic E-state index is -2.88. The summed E-state index contributed by atoms with van der Waals surface area (Å²) in [5, 5.41) is 17.2. The molecule has 4 aliphatic heterocycles. The van der Waals surface area contributed by atoms with Gasteiger partial charge in [0.15, 0.2) is 11.3 Å². The summed E-state index contributed by atoms with van der Waals surface area (Å²) < 4.78 is 37.6. The van der Waals surface area contributed by atoms with Gasteiger partial charge in [-0.05, 0) is 95.7 Å². The molecule has 10 rings (SSSR count). The highest BCUT2D eigenvalue weighted by molar-refractivity contribution is 6.25. The van der Waals surface area contributed by atoms with Gasteiger partial charge in [-0.1, -0.05) is 6.07 Å². The van der Waals surface area contributed by atoms with Crippen molar-refractivity contribution in [3.05, 3.63) is 64.7 Å². The van der Waals surface area contributed by atoms with Gasteiger partial charge in [0.25, 0.3) is 24.1 Å². The summed E-state index contributed by atoms with van der Waals surface area (Å²) in [7, 11) is 2.16. The number of carbonyl (C=O) groups excluding carboxylic acids is 5. The number of anilines is 3. The number of halogens is 2. The number of piperidine rings is 1. The lowest BCUT2D eigenvalue weighted by atomic mass is 9.84. The number of aryl methyl sites for hydroxylation is 1. The first-order valence-corrected chi connectivity index (χ1v) is 22.2. The van der Waals surface area contributed by atoms with Crippen LogP contribution >= 0.6 is 0 Å². The number of hydrogen-bond acceptors (Lipinski definition) is 12. The first kappa shape index (κ1) is 41.2. The number of nitrogens with one attached hydrogen (secondary N) is 3. The van der Waals surface area contributed by atoms with Crippen molar-refractivity contribution in [2.75, 3.05) is 48.9 Å². The number of benzene rings is 1. The van der Waals surface area contributed by atoms with Gasteiger partial charge in [-0.2, -0.15) is 10.2 Å². The predicted molar refractivity (Wildman–Crippen MR) is 225 cm³/mol. The Bertz CT molecular complexity index is 2470. The van der Waals surface area contributed by atoms with Gasteiger partial charge in [-0.3, -0.25) is 38.9 Å². The fraction of sp³-hybridized carbons (Fsp3) is 0.545. The van der Waals surface area contributed by atoms with Crippen LogP contribution in [0.2, 0.25) is 0 Å². The summed E-state index contributed by atoms with van der Waals surface area (Å²) in [6.07, 6.45) is 11.0. The van der Waals surface area contributed by atoms with Crippen molar-refractivity contribution in [1.29, 1.82) is 0 Å². The average Bonchev–Trinajstić information content (AvgIpc) is 3.97. The molecule has 2 atom stereocenters. The van der Waals surface area contributed by atoms with Gasteiger partial charge in [0.1, 0.15) is 17.4 Å². The Morgan fingerprint density at radius 3 is 2.54 bits per heavy atom. The molecule has 1 aromatic carbocycles. The third-order valence-corrected chi connectivity index (χ3v) is 14.1. The van der Waals surface area contributed by atoms with E-state index in [0.717, 1.165) is 87.0 Å². The number of rotatable bonds is 10. The number of aromatic nitrogens is 5. The fourth-order valence-electron chi connectivity index (χ4n) is 10.7. The van der Waals surface area contributed by atoms with Crippen LogP contribution in [0.25, 0.3) is 5.65 Å². The van der Waals surface area contributed by atoms with Crippen LogP contribution in [0.3, 0.4) is 0 Å². The smallest absolute Gasteiger partial charge is 0.284 e. The Labute approximate surface area is 361 Å². The predicted octanol–water partition coefficient (Wildman–Crippen LogP) is 4.75. The maximum absolute atomic E-state index is 14.4. The monoisotopic (exact) mass is 867 g/mol. The summed E-state index contributed by atoms with van der Waals surface area (Å²) >= 11 is 0. The molecule has 4 fully saturated rings. The minimum Gasteiger partial charge on any atom is -0.382 e. The Kier molecular flexibility index (Phi) is 10.9. The second-order valence-corrected chi connectivity index (χ2v) is 18.0. The number of amides is 5. The lowest BCUT2D eigenvalue weighted by Gasteiger charge is -2.40. The molecule has 0 bridgehead atoms. The Balaban J connectivity index is 0.723. The Morgan fingerprint density at radius 2 is 1.76 bits per heavy atom. The molecule has 19 heteroatoms. The van der Waals surface area contributed by atoms with E-state index >= 15 is 0 Å². The molecule has 63 heavy (non-hydrogen) atoms. The van der Waals surface area contributed by atoms with E-state index in [1.807, 2.05) is 6.20 Å². The quantitative estimate of drug-likeness (QED) is 0.186. The normalized spacial score (nSPS) is 26.2. The summed E-state index contributed by atoms with van der Waals surface area (Å²) in [4.78, 5) is 75.3. The van der Waals surface area contributed by atoms with E-state index in [1.54, 1.807) is 27.4 Å². The largest absolute Gasteiger partial charge is 0.382 e. The van der Waals surface area contributed by atoms with Crippen molar-refractivity contribution in [2.45, 2.75) is 114 Å². The zero-order valence-corrected chi connectivity index (χ0v) is 35.1. The molecule has 2 saturated carbocycles. The molecule has 2 saturated heterocycles. The van der Waals surface area contributed by atoms with Crippen LogP contribution in [0.15, 0.2) is 36.8 Å². The van der Waals surface area contributed by atoms with Crippen LogP contribution in [0, 0.1) is 5.92 Å². The zero-order chi connectivity index (χ0) is 43.5. The Hall–Kier alpha value is -5.82. The molecule has 3 aromatic heterocycles. The summed E-state index contributed by atoms with van der Waals surface area (Å²) in [6.45, 7) is 2.86. The number of hydrogen-bond donors (Lipinski definition) is 3. The van der Waals surface area contributed by atoms with Crippen LogP contribution in [-0.2, 0) is 20.7 Å². The van der Waals surface area contributed by atoms with Gasteiger partial charge in [0.2, 0.25) is 11.8 Å². The van der Waals surface area contributed by atoms with Gasteiger partial charge in [-0.25, -0.2) is 18.3 Å². The summed E-state index contributed by atoms with van der Waals surface area (Å²) in [5.74, 6) is -1.40. The van der Waals surface area contributed by atoms with Crippen LogP contribution in [0.1, 0.15) is 125 Å². The van der Waals surface area contributed by atoms with Crippen molar-refractivity contribution < 1.29 is 37.5 Å². The zero-order valence-electron chi connectivity index (χ0n) is 35.1. The number of alkyl halides is 2. The second-order valence-electron chi connectivity index (χ2n) is 18.0. The first-order valence-electron chi connectivity index (χ1n) is 22.2. The number of carbonyl (C=O) groups is 5. The van der Waals surface area contributed by atoms with E-state index in [-0.39, 0.29) is 53.3 Å². The standard InChI is InChI=1S/C44H51F2N11O6/c1-53(27-13-8-26(9-14-27)48-32-4-2-3-30-36(32)44(62)57(43(30)61)34-15-16-35(58)50-42(34)60)20-24-5-10-28(11-6-24)55-22-33(37(52-55)38(45)46)49-41(59)31-19-47-56-21-25-7-12-29-23-63-18-17-54(29)39(25)51-40(31)56/h2-4,19,21-22,24,26-29,34,38,48H,5-18,20,23H2,1H3,(H,49,59)(H,50,58,60). The number of morpholine rings is 1. The highest BCUT2D eigenvalue weighted by atomic mass is 19.3. The SMILES string of the molecule is CN(CC1CCC(n2cc(NC(=O)c3cnn4cc5c(nc34)N3CCOCC3CC5)c(C(F)F)n2)CC1)C1CCC(Nc2cccc3c2C(=O)N(C2CCC(=O)NC2=O)C3=O)CC1. The van der Waals surface area contributed by atoms with E-state index in [2.05, 4.69) is 43.0 Å². The molecular weight excluding hydrogens is 817 g/mol. The van der Waals surface area contributed by atoms with Gasteiger partial charge >= 0.3 is 0 Å². The molecule has 2 aliphatic carbocycles. The average molecular weight is 868 g/mol. The van der Waals surface area contributed by atoms with E-state index < -0.39 is 47.7 Å². The summed E-state index contributed by atoms with van der Waals surface area (Å²) in [6, 6.07) is 4.77.